The molecule has 1 heterocycles. The second-order valence-electron chi connectivity index (χ2n) is 5.31. The van der Waals surface area contributed by atoms with E-state index in [0.717, 1.165) is 17.8 Å². The van der Waals surface area contributed by atoms with Crippen LogP contribution in [0.25, 0.3) is 0 Å². The summed E-state index contributed by atoms with van der Waals surface area (Å²) in [5, 5.41) is 8.00. The van der Waals surface area contributed by atoms with Crippen molar-refractivity contribution in [1.29, 1.82) is 0 Å². The molecule has 0 amide bonds. The Labute approximate surface area is 126 Å². The van der Waals surface area contributed by atoms with Crippen LogP contribution in [0, 0.1) is 12.7 Å². The van der Waals surface area contributed by atoms with Crippen molar-refractivity contribution >= 4 is 15.9 Å². The fourth-order valence-electron chi connectivity index (χ4n) is 2.20. The molecule has 1 N–H and O–H groups in total. The Morgan fingerprint density at radius 1 is 1.40 bits per heavy atom. The molecule has 1 fully saturated rings. The molecular weight excluding hydrogens is 321 g/mol. The number of nitrogens with zero attached hydrogens (tertiary/aromatic N) is 2. The van der Waals surface area contributed by atoms with E-state index in [1.807, 2.05) is 23.9 Å². The first-order valence-electron chi connectivity index (χ1n) is 6.82. The molecule has 0 bridgehead atoms. The maximum atomic E-state index is 13.5. The smallest absolute Gasteiger partial charge is 0.137 e. The lowest BCUT2D eigenvalue weighted by atomic mass is 10.2. The second-order valence-corrected chi connectivity index (χ2v) is 6.10. The predicted octanol–water partition coefficient (Wildman–Crippen LogP) is 3.39. The molecule has 0 spiro atoms. The molecule has 1 saturated carbocycles. The third-order valence-electron chi connectivity index (χ3n) is 3.57. The van der Waals surface area contributed by atoms with Gasteiger partial charge in [-0.05, 0) is 47.3 Å². The van der Waals surface area contributed by atoms with Crippen molar-refractivity contribution in [2.45, 2.75) is 38.9 Å². The number of nitrogens with one attached hydrogen (secondary N) is 1. The highest BCUT2D eigenvalue weighted by Gasteiger charge is 2.20. The van der Waals surface area contributed by atoms with Crippen LogP contribution in [-0.4, -0.2) is 15.8 Å². The van der Waals surface area contributed by atoms with Gasteiger partial charge in [-0.2, -0.15) is 5.10 Å². The molecule has 0 aliphatic heterocycles. The maximum absolute atomic E-state index is 13.5. The summed E-state index contributed by atoms with van der Waals surface area (Å²) in [6.45, 7) is 3.45. The Balaban J connectivity index is 1.73. The summed E-state index contributed by atoms with van der Waals surface area (Å²) in [6, 6.07) is 5.77. The Morgan fingerprint density at radius 2 is 2.20 bits per heavy atom. The molecule has 1 aliphatic rings. The topological polar surface area (TPSA) is 29.9 Å². The van der Waals surface area contributed by atoms with Crippen LogP contribution in [-0.2, 0) is 13.1 Å². The summed E-state index contributed by atoms with van der Waals surface area (Å²) in [5.74, 6) is -0.234. The Morgan fingerprint density at radius 3 is 2.95 bits per heavy atom. The molecule has 0 saturated heterocycles. The lowest BCUT2D eigenvalue weighted by Gasteiger charge is -2.05. The third kappa shape index (κ3) is 3.10. The lowest BCUT2D eigenvalue weighted by Crippen LogP contribution is -2.15. The van der Waals surface area contributed by atoms with Crippen molar-refractivity contribution < 1.29 is 4.39 Å². The number of hydrogen-bond donors (Lipinski definition) is 1. The van der Waals surface area contributed by atoms with Crippen LogP contribution >= 0.6 is 15.9 Å². The van der Waals surface area contributed by atoms with Crippen LogP contribution in [0.2, 0.25) is 0 Å². The zero-order valence-electron chi connectivity index (χ0n) is 11.4. The van der Waals surface area contributed by atoms with E-state index in [9.17, 15) is 4.39 Å². The molecule has 106 valence electrons. The van der Waals surface area contributed by atoms with Gasteiger partial charge in [-0.15, -0.1) is 0 Å². The number of hydrogen-bond acceptors (Lipinski definition) is 2. The predicted molar refractivity (Wildman–Crippen MR) is 80.0 cm³/mol. The quantitative estimate of drug-likeness (QED) is 0.906. The largest absolute Gasteiger partial charge is 0.310 e. The Hall–Kier alpha value is -1.20. The van der Waals surface area contributed by atoms with Gasteiger partial charge in [0.15, 0.2) is 0 Å². The van der Waals surface area contributed by atoms with Crippen LogP contribution in [0.3, 0.4) is 0 Å². The molecular formula is C15H17BrFN3. The first-order valence-corrected chi connectivity index (χ1v) is 7.62. The first-order chi connectivity index (χ1) is 9.63. The van der Waals surface area contributed by atoms with Crippen molar-refractivity contribution in [2.24, 2.45) is 0 Å². The molecule has 20 heavy (non-hydrogen) atoms. The molecule has 5 heteroatoms. The second kappa shape index (κ2) is 5.66. The van der Waals surface area contributed by atoms with Crippen molar-refractivity contribution in [3.63, 3.8) is 0 Å². The van der Waals surface area contributed by atoms with E-state index in [1.165, 1.54) is 24.5 Å². The molecule has 0 unspecified atom stereocenters. The number of benzene rings is 1. The monoisotopic (exact) mass is 337 g/mol. The third-order valence-corrected chi connectivity index (χ3v) is 4.46. The Bertz CT molecular complexity index is 620. The highest BCUT2D eigenvalue weighted by molar-refractivity contribution is 9.10. The highest BCUT2D eigenvalue weighted by Crippen LogP contribution is 2.22. The molecule has 1 aliphatic carbocycles. The number of aromatic nitrogens is 2. The van der Waals surface area contributed by atoms with E-state index in [2.05, 4.69) is 26.3 Å². The summed E-state index contributed by atoms with van der Waals surface area (Å²) in [7, 11) is 0. The first kappa shape index (κ1) is 13.8. The molecule has 0 atom stereocenters. The van der Waals surface area contributed by atoms with Crippen LogP contribution in [0.1, 0.15) is 29.7 Å². The van der Waals surface area contributed by atoms with Crippen LogP contribution in [0.5, 0.6) is 0 Å². The van der Waals surface area contributed by atoms with E-state index in [4.69, 9.17) is 0 Å². The lowest BCUT2D eigenvalue weighted by molar-refractivity contribution is 0.610. The van der Waals surface area contributed by atoms with Gasteiger partial charge >= 0.3 is 0 Å². The SMILES string of the molecule is Cc1nn(Cc2cccc(F)c2Br)cc1CNC1CC1. The summed E-state index contributed by atoms with van der Waals surface area (Å²) in [5.41, 5.74) is 3.14. The van der Waals surface area contributed by atoms with Crippen LogP contribution in [0.4, 0.5) is 4.39 Å². The maximum Gasteiger partial charge on any atom is 0.137 e. The van der Waals surface area contributed by atoms with Gasteiger partial charge < -0.3 is 5.32 Å². The average molecular weight is 338 g/mol. The minimum absolute atomic E-state index is 0.234. The summed E-state index contributed by atoms with van der Waals surface area (Å²) in [4.78, 5) is 0. The van der Waals surface area contributed by atoms with Gasteiger partial charge in [-0.25, -0.2) is 4.39 Å². The van der Waals surface area contributed by atoms with Crippen molar-refractivity contribution in [3.05, 3.63) is 51.5 Å². The van der Waals surface area contributed by atoms with Crippen LogP contribution < -0.4 is 5.32 Å². The van der Waals surface area contributed by atoms with Crippen molar-refractivity contribution in [3.8, 4) is 0 Å². The molecule has 0 radical (unpaired) electrons. The van der Waals surface area contributed by atoms with Crippen molar-refractivity contribution in [2.75, 3.05) is 0 Å². The zero-order valence-corrected chi connectivity index (χ0v) is 13.0. The number of rotatable bonds is 5. The molecule has 2 aromatic rings. The van der Waals surface area contributed by atoms with E-state index >= 15 is 0 Å². The minimum Gasteiger partial charge on any atom is -0.310 e. The molecule has 3 nitrogen and oxygen atoms in total. The van der Waals surface area contributed by atoms with E-state index < -0.39 is 0 Å². The fraction of sp³-hybridized carbons (Fsp3) is 0.400. The number of halogens is 2. The van der Waals surface area contributed by atoms with Gasteiger partial charge in [0.25, 0.3) is 0 Å². The normalized spacial score (nSPS) is 14.8. The van der Waals surface area contributed by atoms with Gasteiger partial charge in [0.1, 0.15) is 5.82 Å². The average Bonchev–Trinajstić information content (AvgIpc) is 3.18. The van der Waals surface area contributed by atoms with Crippen LogP contribution in [0.15, 0.2) is 28.9 Å². The molecule has 1 aromatic carbocycles. The van der Waals surface area contributed by atoms with E-state index in [1.54, 1.807) is 6.07 Å². The van der Waals surface area contributed by atoms with Crippen molar-refractivity contribution in [1.82, 2.24) is 15.1 Å². The fourth-order valence-corrected chi connectivity index (χ4v) is 2.59. The molecule has 3 rings (SSSR count). The summed E-state index contributed by atoms with van der Waals surface area (Å²) >= 11 is 3.29. The van der Waals surface area contributed by atoms with Gasteiger partial charge in [0.05, 0.1) is 16.7 Å². The van der Waals surface area contributed by atoms with Gasteiger partial charge in [0.2, 0.25) is 0 Å². The van der Waals surface area contributed by atoms with Gasteiger partial charge in [-0.1, -0.05) is 12.1 Å². The number of aryl methyl sites for hydroxylation is 1. The highest BCUT2D eigenvalue weighted by atomic mass is 79.9. The summed E-state index contributed by atoms with van der Waals surface area (Å²) in [6.07, 6.45) is 4.61. The standard InChI is InChI=1S/C15H17BrFN3/c1-10-12(7-18-13-5-6-13)9-20(19-10)8-11-3-2-4-14(17)15(11)16/h2-4,9,13,18H,5-8H2,1H3. The van der Waals surface area contributed by atoms with Gasteiger partial charge in [0, 0.05) is 24.3 Å². The minimum atomic E-state index is -0.234. The van der Waals surface area contributed by atoms with Gasteiger partial charge in [-0.3, -0.25) is 4.68 Å². The van der Waals surface area contributed by atoms with E-state index in [-0.39, 0.29) is 5.82 Å². The Kier molecular flexibility index (Phi) is 3.89. The van der Waals surface area contributed by atoms with E-state index in [0.29, 0.717) is 17.1 Å². The molecule has 1 aromatic heterocycles. The zero-order chi connectivity index (χ0) is 14.1. The summed E-state index contributed by atoms with van der Waals surface area (Å²) < 4.78 is 15.9.